The summed E-state index contributed by atoms with van der Waals surface area (Å²) in [5.41, 5.74) is 5.43. The Kier molecular flexibility index (Phi) is 20.3. The van der Waals surface area contributed by atoms with Gasteiger partial charge in [0.1, 0.15) is 12.1 Å². The Hall–Kier alpha value is -0.930. The number of carboxylic acid groups (broad SMARTS) is 2. The number of nitrogens with one attached hydrogen (secondary N) is 1. The van der Waals surface area contributed by atoms with Gasteiger partial charge in [-0.3, -0.25) is 9.59 Å². The maximum Gasteiger partial charge on any atom is 0.326 e. The Balaban J connectivity index is 3.70. The minimum Gasteiger partial charge on any atom is -0.480 e. The van der Waals surface area contributed by atoms with E-state index in [1.54, 1.807) is 0 Å². The zero-order valence-corrected chi connectivity index (χ0v) is 20.6. The molecule has 0 radical (unpaired) electrons. The van der Waals surface area contributed by atoms with Crippen LogP contribution in [0.3, 0.4) is 0 Å². The topological polar surface area (TPSA) is 130 Å². The molecule has 7 nitrogen and oxygen atoms in total. The van der Waals surface area contributed by atoms with E-state index >= 15 is 0 Å². The molecule has 2 unspecified atom stereocenters. The molecular weight excluding hydrogens is 436 g/mol. The van der Waals surface area contributed by atoms with E-state index in [9.17, 15) is 19.5 Å². The second-order valence-corrected chi connectivity index (χ2v) is 10.6. The van der Waals surface area contributed by atoms with E-state index in [-0.39, 0.29) is 5.91 Å². The fraction of sp³-hybridized carbons (Fsp3) is 0.864. The molecule has 0 aliphatic rings. The first-order valence-electron chi connectivity index (χ1n) is 11.6. The van der Waals surface area contributed by atoms with Crippen LogP contribution in [0.1, 0.15) is 96.8 Å². The van der Waals surface area contributed by atoms with Gasteiger partial charge in [0, 0.05) is 17.9 Å². The van der Waals surface area contributed by atoms with Crippen molar-refractivity contribution in [3.8, 4) is 0 Å². The van der Waals surface area contributed by atoms with Crippen molar-refractivity contribution in [1.82, 2.24) is 5.32 Å². The molecule has 0 aromatic heterocycles. The van der Waals surface area contributed by atoms with Gasteiger partial charge in [-0.25, -0.2) is 4.79 Å². The summed E-state index contributed by atoms with van der Waals surface area (Å²) < 4.78 is 0. The van der Waals surface area contributed by atoms with Crippen molar-refractivity contribution in [2.24, 2.45) is 5.73 Å². The monoisotopic (exact) mass is 478 g/mol. The first-order valence-corrected chi connectivity index (χ1v) is 14.1. The number of aliphatic carboxylic acids is 2. The summed E-state index contributed by atoms with van der Waals surface area (Å²) in [6.07, 6.45) is 14.4. The van der Waals surface area contributed by atoms with Crippen LogP contribution < -0.4 is 11.1 Å². The Morgan fingerprint density at radius 1 is 0.774 bits per heavy atom. The summed E-state index contributed by atoms with van der Waals surface area (Å²) >= 11 is 0. The molecule has 2 atom stereocenters. The Morgan fingerprint density at radius 3 is 1.74 bits per heavy atom. The summed E-state index contributed by atoms with van der Waals surface area (Å²) in [5.74, 6) is -1.10. The zero-order valence-electron chi connectivity index (χ0n) is 19.0. The van der Waals surface area contributed by atoms with Crippen LogP contribution in [0.2, 0.25) is 0 Å². The predicted molar refractivity (Wildman–Crippen MR) is 130 cm³/mol. The molecule has 0 aromatic rings. The third-order valence-corrected chi connectivity index (χ3v) is 7.51. The molecule has 0 aliphatic carbocycles. The van der Waals surface area contributed by atoms with Gasteiger partial charge in [0.25, 0.3) is 0 Å². The summed E-state index contributed by atoms with van der Waals surface area (Å²) in [7, 11) is 2.94. The molecule has 0 spiro atoms. The first kappa shape index (κ1) is 30.1. The molecule has 0 bridgehead atoms. The maximum absolute atomic E-state index is 12.0. The van der Waals surface area contributed by atoms with Crippen molar-refractivity contribution in [3.05, 3.63) is 0 Å². The van der Waals surface area contributed by atoms with Crippen LogP contribution in [0.25, 0.3) is 0 Å². The molecule has 5 N–H and O–H groups in total. The van der Waals surface area contributed by atoms with E-state index < -0.39 is 24.0 Å². The number of amides is 1. The lowest BCUT2D eigenvalue weighted by Crippen LogP contribution is -2.41. The highest BCUT2D eigenvalue weighted by atomic mass is 33.1. The molecule has 0 aromatic carbocycles. The molecule has 0 heterocycles. The van der Waals surface area contributed by atoms with Crippen LogP contribution in [0.4, 0.5) is 0 Å². The highest BCUT2D eigenvalue weighted by Gasteiger charge is 2.19. The van der Waals surface area contributed by atoms with Crippen LogP contribution in [-0.4, -0.2) is 51.6 Å². The van der Waals surface area contributed by atoms with Crippen molar-refractivity contribution in [3.63, 3.8) is 0 Å². The number of nitrogens with two attached hydrogens (primary N) is 1. The molecular formula is C22H42N2O5S2. The van der Waals surface area contributed by atoms with Gasteiger partial charge in [0.2, 0.25) is 5.91 Å². The van der Waals surface area contributed by atoms with E-state index in [4.69, 9.17) is 10.8 Å². The molecule has 182 valence electrons. The molecule has 0 aliphatic heterocycles. The van der Waals surface area contributed by atoms with Gasteiger partial charge in [0.05, 0.1) is 0 Å². The largest absolute Gasteiger partial charge is 0.480 e. The molecule has 0 saturated heterocycles. The summed E-state index contributed by atoms with van der Waals surface area (Å²) in [5, 5.41) is 20.6. The van der Waals surface area contributed by atoms with Gasteiger partial charge in [-0.2, -0.15) is 0 Å². The fourth-order valence-electron chi connectivity index (χ4n) is 3.06. The van der Waals surface area contributed by atoms with E-state index in [2.05, 4.69) is 12.2 Å². The van der Waals surface area contributed by atoms with Crippen LogP contribution in [0.5, 0.6) is 0 Å². The number of hydrogen-bond donors (Lipinski definition) is 4. The minimum atomic E-state index is -1.02. The molecule has 1 amide bonds. The van der Waals surface area contributed by atoms with Gasteiger partial charge >= 0.3 is 11.9 Å². The van der Waals surface area contributed by atoms with Crippen molar-refractivity contribution < 1.29 is 24.6 Å². The van der Waals surface area contributed by atoms with Crippen molar-refractivity contribution >= 4 is 39.4 Å². The quantitative estimate of drug-likeness (QED) is 0.129. The summed E-state index contributed by atoms with van der Waals surface area (Å²) in [6.45, 7) is 2.23. The lowest BCUT2D eigenvalue weighted by molar-refractivity contribution is -0.142. The van der Waals surface area contributed by atoms with Crippen molar-refractivity contribution in [2.45, 2.75) is 109 Å². The van der Waals surface area contributed by atoms with Crippen LogP contribution >= 0.6 is 21.6 Å². The Bertz CT molecular complexity index is 495. The highest BCUT2D eigenvalue weighted by Crippen LogP contribution is 2.23. The molecule has 31 heavy (non-hydrogen) atoms. The maximum atomic E-state index is 12.0. The van der Waals surface area contributed by atoms with E-state index in [0.29, 0.717) is 30.8 Å². The van der Waals surface area contributed by atoms with Gasteiger partial charge in [-0.1, -0.05) is 92.7 Å². The van der Waals surface area contributed by atoms with Crippen LogP contribution in [-0.2, 0) is 14.4 Å². The SMILES string of the molecule is CCCCCCCCCCCCCC(=O)NC(CCSSCCC(N)C(=O)O)C(=O)O. The third-order valence-electron chi connectivity index (χ3n) is 5.04. The number of carbonyl (C=O) groups is 3. The Labute approximate surface area is 195 Å². The third kappa shape index (κ3) is 19.5. The van der Waals surface area contributed by atoms with Gasteiger partial charge in [-0.05, 0) is 19.3 Å². The van der Waals surface area contributed by atoms with Crippen molar-refractivity contribution in [1.29, 1.82) is 0 Å². The molecule has 0 rings (SSSR count). The van der Waals surface area contributed by atoms with Crippen molar-refractivity contribution in [2.75, 3.05) is 11.5 Å². The van der Waals surface area contributed by atoms with E-state index in [1.165, 1.54) is 73.0 Å². The lowest BCUT2D eigenvalue weighted by atomic mass is 10.1. The van der Waals surface area contributed by atoms with E-state index in [0.717, 1.165) is 19.3 Å². The summed E-state index contributed by atoms with van der Waals surface area (Å²) in [4.78, 5) is 34.0. The number of hydrogen-bond acceptors (Lipinski definition) is 6. The van der Waals surface area contributed by atoms with Gasteiger partial charge in [-0.15, -0.1) is 0 Å². The second-order valence-electron chi connectivity index (χ2n) is 7.91. The average Bonchev–Trinajstić information content (AvgIpc) is 2.73. The Morgan fingerprint density at radius 2 is 1.26 bits per heavy atom. The molecule has 9 heteroatoms. The molecule has 0 fully saturated rings. The predicted octanol–water partition coefficient (Wildman–Crippen LogP) is 4.83. The second kappa shape index (κ2) is 20.9. The molecule has 0 saturated carbocycles. The first-order chi connectivity index (χ1) is 14.9. The smallest absolute Gasteiger partial charge is 0.326 e. The fourth-order valence-corrected chi connectivity index (χ4v) is 5.26. The highest BCUT2D eigenvalue weighted by molar-refractivity contribution is 8.76. The average molecular weight is 479 g/mol. The normalized spacial score (nSPS) is 13.0. The number of carboxylic acids is 2. The number of rotatable bonds is 22. The van der Waals surface area contributed by atoms with Crippen LogP contribution in [0, 0.1) is 0 Å². The standard InChI is InChI=1S/C22H42N2O5S2/c1-2-3-4-5-6-7-8-9-10-11-12-13-20(25)24-19(22(28)29)15-17-31-30-16-14-18(23)21(26)27/h18-19H,2-17,23H2,1H3,(H,24,25)(H,26,27)(H,28,29). The number of carbonyl (C=O) groups excluding carboxylic acids is 1. The van der Waals surface area contributed by atoms with Crippen LogP contribution in [0.15, 0.2) is 0 Å². The van der Waals surface area contributed by atoms with Gasteiger partial charge < -0.3 is 21.3 Å². The summed E-state index contributed by atoms with van der Waals surface area (Å²) in [6, 6.07) is -1.75. The lowest BCUT2D eigenvalue weighted by Gasteiger charge is -2.14. The zero-order chi connectivity index (χ0) is 23.3. The van der Waals surface area contributed by atoms with E-state index in [1.807, 2.05) is 0 Å². The number of unbranched alkanes of at least 4 members (excludes halogenated alkanes) is 10. The minimum absolute atomic E-state index is 0.201. The van der Waals surface area contributed by atoms with Gasteiger partial charge in [0.15, 0.2) is 0 Å².